The van der Waals surface area contributed by atoms with Gasteiger partial charge >= 0.3 is 0 Å². The fraction of sp³-hybridized carbons (Fsp3) is 0.600. The second-order valence-electron chi connectivity index (χ2n) is 11.0. The van der Waals surface area contributed by atoms with Crippen molar-refractivity contribution in [3.8, 4) is 0 Å². The number of hydrogen-bond acceptors (Lipinski definition) is 9. The Balaban J connectivity index is 1.74. The number of rotatable bonds is 20. The molecule has 0 aliphatic heterocycles. The molecule has 0 spiro atoms. The van der Waals surface area contributed by atoms with E-state index < -0.39 is 32.4 Å². The quantitative estimate of drug-likeness (QED) is 0.145. The molecule has 11 heteroatoms. The van der Waals surface area contributed by atoms with Crippen molar-refractivity contribution in [3.05, 3.63) is 59.7 Å². The predicted octanol–water partition coefficient (Wildman–Crippen LogP) is 5.29. The van der Waals surface area contributed by atoms with Crippen LogP contribution in [0.4, 0.5) is 0 Å². The molecular formula is C30H46O9S2. The lowest BCUT2D eigenvalue weighted by atomic mass is 10.1. The van der Waals surface area contributed by atoms with Crippen LogP contribution in [0.5, 0.6) is 0 Å². The first-order valence-corrected chi connectivity index (χ1v) is 16.8. The molecular weight excluding hydrogens is 568 g/mol. The number of hydrogen-bond donors (Lipinski definition) is 0. The maximum absolute atomic E-state index is 12.5. The number of benzene rings is 2. The molecule has 2 rings (SSSR count). The normalized spacial score (nSPS) is 14.0. The van der Waals surface area contributed by atoms with E-state index in [1.165, 1.54) is 24.3 Å². The van der Waals surface area contributed by atoms with E-state index in [9.17, 15) is 16.8 Å². The second kappa shape index (κ2) is 17.3. The molecule has 0 bridgehead atoms. The summed E-state index contributed by atoms with van der Waals surface area (Å²) in [5.74, 6) is 0.574. The van der Waals surface area contributed by atoms with Gasteiger partial charge in [-0.1, -0.05) is 63.1 Å². The van der Waals surface area contributed by atoms with Gasteiger partial charge in [0.2, 0.25) is 0 Å². The Labute approximate surface area is 246 Å². The summed E-state index contributed by atoms with van der Waals surface area (Å²) in [5, 5.41) is 0. The number of ether oxygens (including phenoxy) is 3. The molecule has 0 unspecified atom stereocenters. The maximum atomic E-state index is 12.5. The molecule has 2 aromatic carbocycles. The van der Waals surface area contributed by atoms with Crippen molar-refractivity contribution in [2.24, 2.45) is 11.8 Å². The number of aryl methyl sites for hydroxylation is 2. The highest BCUT2D eigenvalue weighted by Gasteiger charge is 2.21. The van der Waals surface area contributed by atoms with E-state index in [1.54, 1.807) is 24.3 Å². The molecule has 0 aliphatic carbocycles. The van der Waals surface area contributed by atoms with Crippen molar-refractivity contribution in [2.45, 2.75) is 76.4 Å². The van der Waals surface area contributed by atoms with Gasteiger partial charge in [0.25, 0.3) is 20.2 Å². The highest BCUT2D eigenvalue weighted by atomic mass is 32.2. The summed E-state index contributed by atoms with van der Waals surface area (Å²) in [6, 6.07) is 13.0. The van der Waals surface area contributed by atoms with Crippen LogP contribution in [0.25, 0.3) is 0 Å². The summed E-state index contributed by atoms with van der Waals surface area (Å²) in [7, 11) is -7.75. The molecule has 0 saturated carbocycles. The monoisotopic (exact) mass is 614 g/mol. The van der Waals surface area contributed by atoms with Gasteiger partial charge in [0.05, 0.1) is 61.6 Å². The third kappa shape index (κ3) is 13.8. The molecule has 0 fully saturated rings. The van der Waals surface area contributed by atoms with E-state index in [1.807, 2.05) is 41.5 Å². The van der Waals surface area contributed by atoms with Crippen LogP contribution in [0, 0.1) is 25.7 Å². The van der Waals surface area contributed by atoms with Gasteiger partial charge in [0.1, 0.15) is 0 Å². The topological polar surface area (TPSA) is 114 Å². The Kier molecular flexibility index (Phi) is 14.9. The summed E-state index contributed by atoms with van der Waals surface area (Å²) < 4.78 is 78.1. The second-order valence-corrected chi connectivity index (χ2v) is 14.2. The van der Waals surface area contributed by atoms with Crippen molar-refractivity contribution < 1.29 is 39.4 Å². The van der Waals surface area contributed by atoms with E-state index in [2.05, 4.69) is 0 Å². The SMILES string of the molecule is Cc1ccc(S(=O)(=O)OC[C@H](CC(C)C)OCCOCCO[C@H](COS(=O)(=O)c2ccc(C)cc2)CC(C)C)cc1. The van der Waals surface area contributed by atoms with Gasteiger partial charge in [-0.3, -0.25) is 8.37 Å². The highest BCUT2D eigenvalue weighted by molar-refractivity contribution is 7.87. The Hall–Kier alpha value is -1.86. The molecule has 0 aliphatic rings. The zero-order valence-electron chi connectivity index (χ0n) is 25.1. The molecule has 0 saturated heterocycles. The van der Waals surface area contributed by atoms with Crippen LogP contribution in [-0.4, -0.2) is 68.7 Å². The third-order valence-electron chi connectivity index (χ3n) is 6.07. The van der Waals surface area contributed by atoms with Crippen LogP contribution in [0.2, 0.25) is 0 Å². The molecule has 2 aromatic rings. The summed E-state index contributed by atoms with van der Waals surface area (Å²) in [6.45, 7) is 12.8. The van der Waals surface area contributed by atoms with Gasteiger partial charge in [-0.2, -0.15) is 16.8 Å². The molecule has 0 radical (unpaired) electrons. The molecule has 2 atom stereocenters. The fourth-order valence-electron chi connectivity index (χ4n) is 3.95. The van der Waals surface area contributed by atoms with Crippen LogP contribution in [-0.2, 0) is 42.8 Å². The molecule has 232 valence electrons. The summed E-state index contributed by atoms with van der Waals surface area (Å²) in [6.07, 6.45) is 0.459. The Morgan fingerprint density at radius 3 is 1.22 bits per heavy atom. The largest absolute Gasteiger partial charge is 0.377 e. The van der Waals surface area contributed by atoms with Gasteiger partial charge in [0, 0.05) is 0 Å². The van der Waals surface area contributed by atoms with Crippen molar-refractivity contribution in [1.29, 1.82) is 0 Å². The highest BCUT2D eigenvalue weighted by Crippen LogP contribution is 2.18. The Bertz CT molecular complexity index is 1130. The molecule has 41 heavy (non-hydrogen) atoms. The van der Waals surface area contributed by atoms with Crippen molar-refractivity contribution in [3.63, 3.8) is 0 Å². The van der Waals surface area contributed by atoms with Crippen LogP contribution < -0.4 is 0 Å². The smallest absolute Gasteiger partial charge is 0.297 e. The first kappa shape index (κ1) is 35.3. The van der Waals surface area contributed by atoms with Gasteiger partial charge in [-0.05, 0) is 62.8 Å². The third-order valence-corrected chi connectivity index (χ3v) is 8.66. The van der Waals surface area contributed by atoms with Crippen LogP contribution in [0.1, 0.15) is 51.7 Å². The standard InChI is InChI=1S/C30H46O9S2/c1-23(2)19-27(21-38-40(31,32)29-11-7-25(5)8-12-29)36-17-15-35-16-18-37-28(20-24(3)4)22-39-41(33,34)30-13-9-26(6)10-14-30/h7-14,23-24,27-28H,15-22H2,1-6H3/t27-,28-/m0/s1. The maximum Gasteiger partial charge on any atom is 0.297 e. The van der Waals surface area contributed by atoms with E-state index in [4.69, 9.17) is 22.6 Å². The van der Waals surface area contributed by atoms with E-state index in [-0.39, 0.29) is 61.3 Å². The molecule has 0 amide bonds. The molecule has 0 aromatic heterocycles. The minimum Gasteiger partial charge on any atom is -0.377 e. The lowest BCUT2D eigenvalue weighted by molar-refractivity contribution is -0.0471. The summed E-state index contributed by atoms with van der Waals surface area (Å²) >= 11 is 0. The molecule has 0 N–H and O–H groups in total. The van der Waals surface area contributed by atoms with Crippen LogP contribution >= 0.6 is 0 Å². The van der Waals surface area contributed by atoms with Gasteiger partial charge in [-0.25, -0.2) is 0 Å². The van der Waals surface area contributed by atoms with E-state index in [0.29, 0.717) is 12.8 Å². The lowest BCUT2D eigenvalue weighted by Crippen LogP contribution is -2.27. The first-order chi connectivity index (χ1) is 19.3. The first-order valence-electron chi connectivity index (χ1n) is 14.0. The summed E-state index contributed by atoms with van der Waals surface area (Å²) in [4.78, 5) is 0.229. The molecule has 0 heterocycles. The molecule has 9 nitrogen and oxygen atoms in total. The zero-order chi connectivity index (χ0) is 30.5. The Morgan fingerprint density at radius 1 is 0.561 bits per heavy atom. The predicted molar refractivity (Wildman–Crippen MR) is 158 cm³/mol. The summed E-state index contributed by atoms with van der Waals surface area (Å²) in [5.41, 5.74) is 1.93. The average Bonchev–Trinajstić information content (AvgIpc) is 2.89. The van der Waals surface area contributed by atoms with Crippen molar-refractivity contribution in [2.75, 3.05) is 39.6 Å². The zero-order valence-corrected chi connectivity index (χ0v) is 26.7. The van der Waals surface area contributed by atoms with Crippen molar-refractivity contribution >= 4 is 20.2 Å². The Morgan fingerprint density at radius 2 is 0.902 bits per heavy atom. The van der Waals surface area contributed by atoms with Crippen LogP contribution in [0.15, 0.2) is 58.3 Å². The minimum atomic E-state index is -3.87. The van der Waals surface area contributed by atoms with Crippen LogP contribution in [0.3, 0.4) is 0 Å². The minimum absolute atomic E-state index is 0.0835. The van der Waals surface area contributed by atoms with E-state index >= 15 is 0 Å². The average molecular weight is 615 g/mol. The van der Waals surface area contributed by atoms with Gasteiger partial charge in [-0.15, -0.1) is 0 Å². The van der Waals surface area contributed by atoms with Gasteiger partial charge < -0.3 is 14.2 Å². The van der Waals surface area contributed by atoms with E-state index in [0.717, 1.165) is 11.1 Å². The fourth-order valence-corrected chi connectivity index (χ4v) is 5.82. The van der Waals surface area contributed by atoms with Crippen molar-refractivity contribution in [1.82, 2.24) is 0 Å². The lowest BCUT2D eigenvalue weighted by Gasteiger charge is -2.21. The van der Waals surface area contributed by atoms with Gasteiger partial charge in [0.15, 0.2) is 0 Å².